The number of carbonyl (C=O) groups is 1. The molecule has 1 atom stereocenters. The van der Waals surface area contributed by atoms with Gasteiger partial charge in [0, 0.05) is 18.0 Å². The summed E-state index contributed by atoms with van der Waals surface area (Å²) >= 11 is 3.84. The molecule has 0 fully saturated rings. The Morgan fingerprint density at radius 1 is 1.50 bits per heavy atom. The summed E-state index contributed by atoms with van der Waals surface area (Å²) in [5.41, 5.74) is 0.775. The maximum Gasteiger partial charge on any atom is 0.252 e. The summed E-state index contributed by atoms with van der Waals surface area (Å²) in [6.45, 7) is 5.25. The first-order chi connectivity index (χ1) is 8.38. The smallest absolute Gasteiger partial charge is 0.252 e. The van der Waals surface area contributed by atoms with Crippen LogP contribution in [-0.2, 0) is 0 Å². The molecule has 0 spiro atoms. The van der Waals surface area contributed by atoms with Crippen LogP contribution in [0.3, 0.4) is 0 Å². The summed E-state index contributed by atoms with van der Waals surface area (Å²) < 4.78 is 1.14. The SMILES string of the molecule is CC(C)CC(CN(C)C)NC(=O)c1csc(I)c1. The molecule has 1 amide bonds. The molecule has 1 aromatic heterocycles. The maximum atomic E-state index is 12.1. The minimum absolute atomic E-state index is 0.0432. The minimum Gasteiger partial charge on any atom is -0.348 e. The third-order valence-electron chi connectivity index (χ3n) is 2.51. The molecular weight excluding hydrogens is 359 g/mol. The molecule has 0 saturated carbocycles. The predicted molar refractivity (Wildman–Crippen MR) is 86.3 cm³/mol. The Morgan fingerprint density at radius 2 is 2.17 bits per heavy atom. The zero-order valence-electron chi connectivity index (χ0n) is 11.4. The second kappa shape index (κ2) is 7.45. The van der Waals surface area contributed by atoms with Crippen LogP contribution in [0.5, 0.6) is 0 Å². The predicted octanol–water partition coefficient (Wildman–Crippen LogP) is 3.06. The van der Waals surface area contributed by atoms with Gasteiger partial charge < -0.3 is 10.2 Å². The van der Waals surface area contributed by atoms with Crippen molar-refractivity contribution in [2.24, 2.45) is 5.92 Å². The van der Waals surface area contributed by atoms with Gasteiger partial charge in [-0.25, -0.2) is 0 Å². The molecule has 3 nitrogen and oxygen atoms in total. The lowest BCUT2D eigenvalue weighted by molar-refractivity contribution is 0.0925. The number of amides is 1. The standard InChI is InChI=1S/C13H21IN2OS/c1-9(2)5-11(7-16(3)4)15-13(17)10-6-12(14)18-8-10/h6,8-9,11H,5,7H2,1-4H3,(H,15,17). The molecule has 102 valence electrons. The summed E-state index contributed by atoms with van der Waals surface area (Å²) in [4.78, 5) is 14.2. The van der Waals surface area contributed by atoms with Crippen molar-refractivity contribution in [1.29, 1.82) is 0 Å². The highest BCUT2D eigenvalue weighted by Crippen LogP contribution is 2.17. The van der Waals surface area contributed by atoms with Crippen molar-refractivity contribution in [1.82, 2.24) is 10.2 Å². The monoisotopic (exact) mass is 380 g/mol. The van der Waals surface area contributed by atoms with E-state index in [1.807, 2.05) is 25.5 Å². The average Bonchev–Trinajstić information content (AvgIpc) is 2.62. The van der Waals surface area contributed by atoms with Gasteiger partial charge in [-0.2, -0.15) is 0 Å². The Kier molecular flexibility index (Phi) is 6.59. The molecule has 1 unspecified atom stereocenters. The van der Waals surface area contributed by atoms with Gasteiger partial charge in [0.05, 0.1) is 8.45 Å². The quantitative estimate of drug-likeness (QED) is 0.770. The van der Waals surface area contributed by atoms with E-state index in [0.29, 0.717) is 5.92 Å². The van der Waals surface area contributed by atoms with Crippen LogP contribution >= 0.6 is 33.9 Å². The molecule has 1 aromatic rings. The molecular formula is C13H21IN2OS. The van der Waals surface area contributed by atoms with Crippen LogP contribution in [0.15, 0.2) is 11.4 Å². The van der Waals surface area contributed by atoms with Crippen molar-refractivity contribution in [2.45, 2.75) is 26.3 Å². The molecule has 18 heavy (non-hydrogen) atoms. The van der Waals surface area contributed by atoms with E-state index < -0.39 is 0 Å². The maximum absolute atomic E-state index is 12.1. The number of likely N-dealkylation sites (N-methyl/N-ethyl adjacent to an activating group) is 1. The van der Waals surface area contributed by atoms with E-state index >= 15 is 0 Å². The number of hydrogen-bond acceptors (Lipinski definition) is 3. The topological polar surface area (TPSA) is 32.3 Å². The molecule has 1 N–H and O–H groups in total. The summed E-state index contributed by atoms with van der Waals surface area (Å²) in [7, 11) is 4.07. The van der Waals surface area contributed by atoms with E-state index in [-0.39, 0.29) is 11.9 Å². The second-order valence-electron chi connectivity index (χ2n) is 5.20. The van der Waals surface area contributed by atoms with Crippen molar-refractivity contribution in [3.8, 4) is 0 Å². The van der Waals surface area contributed by atoms with Gasteiger partial charge in [-0.05, 0) is 55.1 Å². The van der Waals surface area contributed by atoms with Crippen molar-refractivity contribution in [3.63, 3.8) is 0 Å². The lowest BCUT2D eigenvalue weighted by atomic mass is 10.0. The van der Waals surface area contributed by atoms with Crippen molar-refractivity contribution in [2.75, 3.05) is 20.6 Å². The molecule has 0 aliphatic carbocycles. The molecule has 0 aromatic carbocycles. The summed E-state index contributed by atoms with van der Waals surface area (Å²) in [6, 6.07) is 2.15. The Bertz CT molecular complexity index is 380. The number of nitrogens with zero attached hydrogens (tertiary/aromatic N) is 1. The van der Waals surface area contributed by atoms with Gasteiger partial charge in [-0.15, -0.1) is 11.3 Å². The molecule has 0 bridgehead atoms. The summed E-state index contributed by atoms with van der Waals surface area (Å²) in [5, 5.41) is 5.05. The van der Waals surface area contributed by atoms with Gasteiger partial charge in [0.25, 0.3) is 5.91 Å². The molecule has 1 rings (SSSR count). The fourth-order valence-corrected chi connectivity index (χ4v) is 3.21. The Balaban J connectivity index is 2.61. The highest BCUT2D eigenvalue weighted by Gasteiger charge is 2.16. The highest BCUT2D eigenvalue weighted by molar-refractivity contribution is 14.1. The van der Waals surface area contributed by atoms with Gasteiger partial charge in [-0.1, -0.05) is 13.8 Å². The van der Waals surface area contributed by atoms with Crippen LogP contribution < -0.4 is 5.32 Å². The van der Waals surface area contributed by atoms with Crippen molar-refractivity contribution in [3.05, 3.63) is 19.9 Å². The van der Waals surface area contributed by atoms with Crippen LogP contribution in [0, 0.1) is 8.80 Å². The fraction of sp³-hybridized carbons (Fsp3) is 0.615. The second-order valence-corrected chi connectivity index (χ2v) is 8.01. The third-order valence-corrected chi connectivity index (χ3v) is 4.30. The van der Waals surface area contributed by atoms with E-state index in [1.54, 1.807) is 11.3 Å². The lowest BCUT2D eigenvalue weighted by Gasteiger charge is -2.23. The van der Waals surface area contributed by atoms with Crippen LogP contribution in [0.25, 0.3) is 0 Å². The van der Waals surface area contributed by atoms with Gasteiger partial charge in [0.2, 0.25) is 0 Å². The first kappa shape index (κ1) is 15.9. The Hall–Kier alpha value is -0.140. The van der Waals surface area contributed by atoms with Crippen LogP contribution in [0.2, 0.25) is 0 Å². The molecule has 0 radical (unpaired) electrons. The zero-order valence-corrected chi connectivity index (χ0v) is 14.3. The molecule has 1 heterocycles. The van der Waals surface area contributed by atoms with Crippen molar-refractivity contribution < 1.29 is 4.79 Å². The van der Waals surface area contributed by atoms with Crippen molar-refractivity contribution >= 4 is 39.8 Å². The largest absolute Gasteiger partial charge is 0.348 e. The van der Waals surface area contributed by atoms with Gasteiger partial charge in [0.15, 0.2) is 0 Å². The molecule has 0 aliphatic heterocycles. The average molecular weight is 380 g/mol. The number of rotatable bonds is 6. The first-order valence-electron chi connectivity index (χ1n) is 6.08. The third kappa shape index (κ3) is 5.67. The number of nitrogens with one attached hydrogen (secondary N) is 1. The summed E-state index contributed by atoms with van der Waals surface area (Å²) in [5.74, 6) is 0.625. The van der Waals surface area contributed by atoms with Gasteiger partial charge in [0.1, 0.15) is 0 Å². The fourth-order valence-electron chi connectivity index (χ4n) is 1.89. The van der Waals surface area contributed by atoms with Crippen LogP contribution in [-0.4, -0.2) is 37.5 Å². The zero-order chi connectivity index (χ0) is 13.7. The normalized spacial score (nSPS) is 13.1. The van der Waals surface area contributed by atoms with Crippen LogP contribution in [0.1, 0.15) is 30.6 Å². The number of thiophene rings is 1. The van der Waals surface area contributed by atoms with E-state index in [9.17, 15) is 4.79 Å². The number of halogens is 1. The van der Waals surface area contributed by atoms with E-state index in [4.69, 9.17) is 0 Å². The summed E-state index contributed by atoms with van der Waals surface area (Å²) in [6.07, 6.45) is 1.01. The Labute approximate surface area is 127 Å². The lowest BCUT2D eigenvalue weighted by Crippen LogP contribution is -2.42. The number of hydrogen-bond donors (Lipinski definition) is 1. The van der Waals surface area contributed by atoms with Gasteiger partial charge >= 0.3 is 0 Å². The van der Waals surface area contributed by atoms with Gasteiger partial charge in [-0.3, -0.25) is 4.79 Å². The Morgan fingerprint density at radius 3 is 2.61 bits per heavy atom. The van der Waals surface area contributed by atoms with E-state index in [1.165, 1.54) is 0 Å². The first-order valence-corrected chi connectivity index (χ1v) is 8.04. The van der Waals surface area contributed by atoms with E-state index in [2.05, 4.69) is 46.7 Å². The minimum atomic E-state index is 0.0432. The molecule has 5 heteroatoms. The van der Waals surface area contributed by atoms with Crippen LogP contribution in [0.4, 0.5) is 0 Å². The highest BCUT2D eigenvalue weighted by atomic mass is 127. The van der Waals surface area contributed by atoms with E-state index in [0.717, 1.165) is 21.4 Å². The number of carbonyl (C=O) groups excluding carboxylic acids is 1. The molecule has 0 saturated heterocycles. The molecule has 0 aliphatic rings.